The number of benzene rings is 1. The topological polar surface area (TPSA) is 86.8 Å². The summed E-state index contributed by atoms with van der Waals surface area (Å²) in [6.07, 6.45) is -2.34. The molecule has 1 aliphatic carbocycles. The van der Waals surface area contributed by atoms with Gasteiger partial charge in [-0.15, -0.1) is 0 Å². The van der Waals surface area contributed by atoms with E-state index in [-0.39, 0.29) is 54.9 Å². The van der Waals surface area contributed by atoms with Gasteiger partial charge < -0.3 is 15.1 Å². The van der Waals surface area contributed by atoms with E-state index in [9.17, 15) is 31.2 Å². The molecule has 1 aromatic rings. The number of anilines is 2. The minimum absolute atomic E-state index is 0.0331. The van der Waals surface area contributed by atoms with E-state index in [0.29, 0.717) is 24.3 Å². The molecule has 1 saturated carbocycles. The van der Waals surface area contributed by atoms with Crippen LogP contribution in [0, 0.1) is 11.8 Å². The fraction of sp³-hybridized carbons (Fsp3) is 0.619. The number of amides is 2. The number of halogens is 3. The SMILES string of the molecule is O=C(Nc1ccc(C(=O)N2CCS(=O)(=O)CC2)c(N2CCCC(C(F)(F)F)C2)c1)C1CC1. The Labute approximate surface area is 184 Å². The monoisotopic (exact) mass is 473 g/mol. The molecule has 0 bridgehead atoms. The number of nitrogens with one attached hydrogen (secondary N) is 1. The summed E-state index contributed by atoms with van der Waals surface area (Å²) in [5.74, 6) is -2.36. The summed E-state index contributed by atoms with van der Waals surface area (Å²) in [5, 5.41) is 2.79. The van der Waals surface area contributed by atoms with E-state index in [2.05, 4.69) is 5.32 Å². The van der Waals surface area contributed by atoms with Crippen LogP contribution in [0.15, 0.2) is 18.2 Å². The molecule has 0 aromatic heterocycles. The Morgan fingerprint density at radius 3 is 2.34 bits per heavy atom. The predicted octanol–water partition coefficient (Wildman–Crippen LogP) is 2.68. The highest BCUT2D eigenvalue weighted by molar-refractivity contribution is 7.91. The Hall–Kier alpha value is -2.30. The first-order valence-electron chi connectivity index (χ1n) is 10.8. The fourth-order valence-electron chi connectivity index (χ4n) is 4.19. The van der Waals surface area contributed by atoms with Gasteiger partial charge in [0.1, 0.15) is 0 Å². The summed E-state index contributed by atoms with van der Waals surface area (Å²) in [6, 6.07) is 4.65. The second kappa shape index (κ2) is 8.57. The summed E-state index contributed by atoms with van der Waals surface area (Å²) in [6.45, 7) is 0.192. The van der Waals surface area contributed by atoms with Gasteiger partial charge >= 0.3 is 6.18 Å². The Morgan fingerprint density at radius 1 is 1.03 bits per heavy atom. The Kier molecular flexibility index (Phi) is 6.12. The van der Waals surface area contributed by atoms with Crippen molar-refractivity contribution in [2.75, 3.05) is 47.9 Å². The van der Waals surface area contributed by atoms with Gasteiger partial charge in [0, 0.05) is 37.8 Å². The Bertz CT molecular complexity index is 994. The normalized spacial score (nSPS) is 23.7. The van der Waals surface area contributed by atoms with Gasteiger partial charge in [0.2, 0.25) is 5.91 Å². The van der Waals surface area contributed by atoms with E-state index in [1.807, 2.05) is 0 Å². The zero-order valence-corrected chi connectivity index (χ0v) is 18.3. The number of rotatable bonds is 4. The van der Waals surface area contributed by atoms with Gasteiger partial charge in [0.25, 0.3) is 5.91 Å². The highest BCUT2D eigenvalue weighted by Crippen LogP contribution is 2.37. The molecule has 32 heavy (non-hydrogen) atoms. The number of carbonyl (C=O) groups is 2. The number of alkyl halides is 3. The molecule has 1 N–H and O–H groups in total. The van der Waals surface area contributed by atoms with E-state index in [4.69, 9.17) is 0 Å². The average molecular weight is 474 g/mol. The van der Waals surface area contributed by atoms with Crippen molar-refractivity contribution in [1.29, 1.82) is 0 Å². The van der Waals surface area contributed by atoms with Crippen LogP contribution in [0.25, 0.3) is 0 Å². The zero-order valence-electron chi connectivity index (χ0n) is 17.5. The van der Waals surface area contributed by atoms with Crippen molar-refractivity contribution >= 4 is 33.0 Å². The van der Waals surface area contributed by atoms with Crippen LogP contribution in [-0.4, -0.2) is 69.0 Å². The second-order valence-corrected chi connectivity index (χ2v) is 11.1. The van der Waals surface area contributed by atoms with E-state index in [1.54, 1.807) is 17.0 Å². The molecule has 2 amide bonds. The summed E-state index contributed by atoms with van der Waals surface area (Å²) in [4.78, 5) is 28.3. The number of nitrogens with zero attached hydrogens (tertiary/aromatic N) is 2. The standard InChI is InChI=1S/C21H26F3N3O4S/c22-21(23,24)15-2-1-7-27(13-15)18-12-16(25-19(28)14-3-4-14)5-6-17(18)20(29)26-8-10-32(30,31)11-9-26/h5-6,12,14-15H,1-4,7-11,13H2,(H,25,28). The third-order valence-electron chi connectivity index (χ3n) is 6.30. The smallest absolute Gasteiger partial charge is 0.370 e. The van der Waals surface area contributed by atoms with E-state index in [1.165, 1.54) is 11.0 Å². The van der Waals surface area contributed by atoms with E-state index in [0.717, 1.165) is 12.8 Å². The van der Waals surface area contributed by atoms with Gasteiger partial charge in [-0.3, -0.25) is 9.59 Å². The van der Waals surface area contributed by atoms with Crippen molar-refractivity contribution in [3.63, 3.8) is 0 Å². The lowest BCUT2D eigenvalue weighted by Crippen LogP contribution is -2.45. The van der Waals surface area contributed by atoms with Crippen molar-refractivity contribution in [2.45, 2.75) is 31.9 Å². The largest absolute Gasteiger partial charge is 0.393 e. The van der Waals surface area contributed by atoms with Crippen LogP contribution in [0.5, 0.6) is 0 Å². The molecule has 1 unspecified atom stereocenters. The fourth-order valence-corrected chi connectivity index (χ4v) is 5.39. The van der Waals surface area contributed by atoms with Crippen molar-refractivity contribution < 1.29 is 31.2 Å². The number of sulfone groups is 1. The van der Waals surface area contributed by atoms with Gasteiger partial charge in [-0.05, 0) is 43.9 Å². The zero-order chi connectivity index (χ0) is 23.1. The molecular weight excluding hydrogens is 447 g/mol. The number of carbonyl (C=O) groups excluding carboxylic acids is 2. The maximum atomic E-state index is 13.4. The van der Waals surface area contributed by atoms with Crippen molar-refractivity contribution in [3.8, 4) is 0 Å². The van der Waals surface area contributed by atoms with Crippen molar-refractivity contribution in [2.24, 2.45) is 11.8 Å². The average Bonchev–Trinajstić information content (AvgIpc) is 3.58. The van der Waals surface area contributed by atoms with Crippen molar-refractivity contribution in [1.82, 2.24) is 4.90 Å². The molecule has 176 valence electrons. The molecule has 0 spiro atoms. The van der Waals surface area contributed by atoms with Crippen LogP contribution in [-0.2, 0) is 14.6 Å². The van der Waals surface area contributed by atoms with Gasteiger partial charge in [-0.2, -0.15) is 13.2 Å². The summed E-state index contributed by atoms with van der Waals surface area (Å²) in [7, 11) is -3.18. The molecule has 7 nitrogen and oxygen atoms in total. The molecule has 3 fully saturated rings. The molecule has 1 aromatic carbocycles. The summed E-state index contributed by atoms with van der Waals surface area (Å²) >= 11 is 0. The maximum Gasteiger partial charge on any atom is 0.393 e. The molecule has 11 heteroatoms. The third kappa shape index (κ3) is 5.19. The summed E-state index contributed by atoms with van der Waals surface area (Å²) in [5.41, 5.74) is 0.992. The molecular formula is C21H26F3N3O4S. The van der Waals surface area contributed by atoms with Crippen molar-refractivity contribution in [3.05, 3.63) is 23.8 Å². The van der Waals surface area contributed by atoms with Crippen LogP contribution < -0.4 is 10.2 Å². The second-order valence-electron chi connectivity index (χ2n) is 8.77. The summed E-state index contributed by atoms with van der Waals surface area (Å²) < 4.78 is 63.6. The Morgan fingerprint density at radius 2 is 1.72 bits per heavy atom. The lowest BCUT2D eigenvalue weighted by atomic mass is 9.96. The third-order valence-corrected chi connectivity index (χ3v) is 7.91. The lowest BCUT2D eigenvalue weighted by molar-refractivity contribution is -0.176. The van der Waals surface area contributed by atoms with Crippen LogP contribution in [0.3, 0.4) is 0 Å². The van der Waals surface area contributed by atoms with Crippen LogP contribution in [0.4, 0.5) is 24.5 Å². The van der Waals surface area contributed by atoms with Crippen LogP contribution in [0.2, 0.25) is 0 Å². The first-order valence-corrected chi connectivity index (χ1v) is 12.6. The number of piperidine rings is 1. The highest BCUT2D eigenvalue weighted by Gasteiger charge is 2.42. The van der Waals surface area contributed by atoms with Gasteiger partial charge in [-0.1, -0.05) is 0 Å². The highest BCUT2D eigenvalue weighted by atomic mass is 32.2. The number of hydrogen-bond acceptors (Lipinski definition) is 5. The van der Waals surface area contributed by atoms with Gasteiger partial charge in [0.05, 0.1) is 28.7 Å². The first kappa shape index (κ1) is 22.9. The molecule has 1 atom stereocenters. The maximum absolute atomic E-state index is 13.4. The molecule has 3 aliphatic rings. The molecule has 2 aliphatic heterocycles. The number of hydrogen-bond donors (Lipinski definition) is 1. The molecule has 0 radical (unpaired) electrons. The molecule has 2 saturated heterocycles. The first-order chi connectivity index (χ1) is 15.0. The lowest BCUT2D eigenvalue weighted by Gasteiger charge is -2.37. The van der Waals surface area contributed by atoms with Gasteiger partial charge in [0.15, 0.2) is 9.84 Å². The minimum atomic E-state index is -4.33. The van der Waals surface area contributed by atoms with E-state index < -0.39 is 27.8 Å². The van der Waals surface area contributed by atoms with Crippen LogP contribution >= 0.6 is 0 Å². The quantitative estimate of drug-likeness (QED) is 0.727. The Balaban J connectivity index is 1.62. The van der Waals surface area contributed by atoms with E-state index >= 15 is 0 Å². The predicted molar refractivity (Wildman–Crippen MR) is 113 cm³/mol. The minimum Gasteiger partial charge on any atom is -0.370 e. The van der Waals surface area contributed by atoms with Gasteiger partial charge in [-0.25, -0.2) is 8.42 Å². The molecule has 4 rings (SSSR count). The van der Waals surface area contributed by atoms with Crippen LogP contribution in [0.1, 0.15) is 36.0 Å². The molecule has 2 heterocycles.